The number of methoxy groups -OCH3 is 1. The third kappa shape index (κ3) is 3.84. The van der Waals surface area contributed by atoms with Crippen LogP contribution in [0.4, 0.5) is 11.5 Å². The summed E-state index contributed by atoms with van der Waals surface area (Å²) in [5.41, 5.74) is 6.43. The number of pyridine rings is 1. The predicted molar refractivity (Wildman–Crippen MR) is 71.9 cm³/mol. The van der Waals surface area contributed by atoms with Gasteiger partial charge in [-0.25, -0.2) is 9.78 Å². The van der Waals surface area contributed by atoms with E-state index in [2.05, 4.69) is 15.0 Å². The molecule has 3 N–H and O–H groups in total. The molecule has 1 amide bonds. The summed E-state index contributed by atoms with van der Waals surface area (Å²) in [6.45, 7) is 0.446. The van der Waals surface area contributed by atoms with Crippen molar-refractivity contribution in [1.29, 1.82) is 0 Å². The molecule has 1 aromatic heterocycles. The molecule has 0 atom stereocenters. The van der Waals surface area contributed by atoms with Gasteiger partial charge in [0.05, 0.1) is 12.8 Å². The molecule has 19 heavy (non-hydrogen) atoms. The van der Waals surface area contributed by atoms with Gasteiger partial charge in [0.2, 0.25) is 5.91 Å². The Morgan fingerprint density at radius 2 is 2.16 bits per heavy atom. The van der Waals surface area contributed by atoms with Crippen molar-refractivity contribution >= 4 is 23.4 Å². The number of nitrogen functional groups attached to an aromatic ring is 1. The van der Waals surface area contributed by atoms with E-state index in [1.54, 1.807) is 25.1 Å². The number of carbonyl (C=O) groups excluding carboxylic acids is 2. The van der Waals surface area contributed by atoms with Gasteiger partial charge in [-0.3, -0.25) is 4.79 Å². The molecule has 0 aliphatic rings. The van der Waals surface area contributed by atoms with Gasteiger partial charge in [-0.15, -0.1) is 0 Å². The van der Waals surface area contributed by atoms with Crippen LogP contribution in [-0.4, -0.2) is 44.6 Å². The van der Waals surface area contributed by atoms with E-state index in [0.717, 1.165) is 0 Å². The predicted octanol–water partition coefficient (Wildman–Crippen LogP) is 0.0227. The molecule has 0 bridgehead atoms. The number of hydrogen-bond acceptors (Lipinski definition) is 6. The van der Waals surface area contributed by atoms with Gasteiger partial charge in [0, 0.05) is 27.1 Å². The lowest BCUT2D eigenvalue weighted by Gasteiger charge is -2.19. The zero-order valence-electron chi connectivity index (χ0n) is 11.3. The topological polar surface area (TPSA) is 97.5 Å². The van der Waals surface area contributed by atoms with Crippen LogP contribution in [0.3, 0.4) is 0 Å². The monoisotopic (exact) mass is 266 g/mol. The third-order valence-corrected chi connectivity index (χ3v) is 2.61. The molecule has 7 nitrogen and oxygen atoms in total. The molecule has 7 heteroatoms. The number of amides is 1. The Morgan fingerprint density at radius 1 is 1.47 bits per heavy atom. The highest BCUT2D eigenvalue weighted by atomic mass is 16.5. The summed E-state index contributed by atoms with van der Waals surface area (Å²) in [6.07, 6.45) is 0.316. The molecule has 0 spiro atoms. The van der Waals surface area contributed by atoms with E-state index in [1.807, 2.05) is 0 Å². The van der Waals surface area contributed by atoms with Crippen LogP contribution in [0.15, 0.2) is 12.1 Å². The quantitative estimate of drug-likeness (QED) is 0.729. The minimum atomic E-state index is -0.527. The third-order valence-electron chi connectivity index (χ3n) is 2.61. The highest BCUT2D eigenvalue weighted by Gasteiger charge is 2.13. The molecule has 1 heterocycles. The number of esters is 1. The van der Waals surface area contributed by atoms with Gasteiger partial charge in [0.1, 0.15) is 0 Å². The van der Waals surface area contributed by atoms with Crippen molar-refractivity contribution in [3.8, 4) is 0 Å². The first-order valence-corrected chi connectivity index (χ1v) is 5.76. The molecule has 104 valence electrons. The summed E-state index contributed by atoms with van der Waals surface area (Å²) in [4.78, 5) is 28.5. The Balaban J connectivity index is 2.86. The summed E-state index contributed by atoms with van der Waals surface area (Å²) < 4.78 is 4.60. The maximum atomic E-state index is 11.4. The van der Waals surface area contributed by atoms with Gasteiger partial charge >= 0.3 is 5.97 Å². The second kappa shape index (κ2) is 6.58. The van der Waals surface area contributed by atoms with Crippen molar-refractivity contribution in [2.45, 2.75) is 6.42 Å². The maximum absolute atomic E-state index is 11.4. The van der Waals surface area contributed by atoms with Gasteiger partial charge in [0.15, 0.2) is 11.5 Å². The Kier molecular flexibility index (Phi) is 5.11. The number of ether oxygens (including phenoxy) is 1. The first-order valence-electron chi connectivity index (χ1n) is 5.76. The first kappa shape index (κ1) is 14.7. The fourth-order valence-electron chi connectivity index (χ4n) is 1.48. The largest absolute Gasteiger partial charge is 0.464 e. The zero-order chi connectivity index (χ0) is 14.4. The van der Waals surface area contributed by atoms with E-state index in [-0.39, 0.29) is 11.6 Å². The van der Waals surface area contributed by atoms with Crippen molar-refractivity contribution in [3.05, 3.63) is 17.8 Å². The van der Waals surface area contributed by atoms with Crippen LogP contribution in [0.2, 0.25) is 0 Å². The summed E-state index contributed by atoms with van der Waals surface area (Å²) in [7, 11) is 4.62. The van der Waals surface area contributed by atoms with Crippen molar-refractivity contribution in [2.24, 2.45) is 0 Å². The van der Waals surface area contributed by atoms with E-state index in [9.17, 15) is 9.59 Å². The van der Waals surface area contributed by atoms with Crippen LogP contribution >= 0.6 is 0 Å². The van der Waals surface area contributed by atoms with E-state index >= 15 is 0 Å². The van der Waals surface area contributed by atoms with Crippen LogP contribution in [0.25, 0.3) is 0 Å². The lowest BCUT2D eigenvalue weighted by Crippen LogP contribution is -2.27. The van der Waals surface area contributed by atoms with Crippen molar-refractivity contribution < 1.29 is 14.3 Å². The van der Waals surface area contributed by atoms with Crippen LogP contribution in [-0.2, 0) is 9.53 Å². The number of rotatable bonds is 5. The number of nitrogens with one attached hydrogen (secondary N) is 1. The molecule has 0 radical (unpaired) electrons. The van der Waals surface area contributed by atoms with Crippen molar-refractivity contribution in [2.75, 3.05) is 38.4 Å². The fraction of sp³-hybridized carbons (Fsp3) is 0.417. The molecule has 0 saturated heterocycles. The first-order chi connectivity index (χ1) is 8.99. The number of nitrogens with two attached hydrogens (primary N) is 1. The summed E-state index contributed by atoms with van der Waals surface area (Å²) in [6, 6.07) is 3.09. The minimum absolute atomic E-state index is 0.0745. The Labute approximate surface area is 111 Å². The molecule has 0 saturated carbocycles. The lowest BCUT2D eigenvalue weighted by molar-refractivity contribution is -0.120. The number of hydrogen-bond donors (Lipinski definition) is 2. The van der Waals surface area contributed by atoms with Crippen LogP contribution in [0, 0.1) is 0 Å². The summed E-state index contributed by atoms with van der Waals surface area (Å²) in [5, 5.41) is 2.53. The maximum Gasteiger partial charge on any atom is 0.356 e. The Morgan fingerprint density at radius 3 is 2.74 bits per heavy atom. The van der Waals surface area contributed by atoms with E-state index < -0.39 is 5.97 Å². The van der Waals surface area contributed by atoms with E-state index in [4.69, 9.17) is 5.73 Å². The number of anilines is 2. The number of nitrogens with zero attached hydrogens (tertiary/aromatic N) is 2. The molecule has 0 aromatic carbocycles. The van der Waals surface area contributed by atoms with Gasteiger partial charge in [-0.05, 0) is 12.1 Å². The smallest absolute Gasteiger partial charge is 0.356 e. The molecule has 0 aliphatic heterocycles. The van der Waals surface area contributed by atoms with Crippen LogP contribution < -0.4 is 16.0 Å². The average molecular weight is 266 g/mol. The molecular formula is C12H18N4O3. The minimum Gasteiger partial charge on any atom is -0.464 e. The van der Waals surface area contributed by atoms with E-state index in [1.165, 1.54) is 13.2 Å². The van der Waals surface area contributed by atoms with Gasteiger partial charge in [-0.1, -0.05) is 0 Å². The fourth-order valence-corrected chi connectivity index (χ4v) is 1.48. The van der Waals surface area contributed by atoms with E-state index in [0.29, 0.717) is 24.5 Å². The SMILES string of the molecule is CNC(=O)CCN(C)c1nc(C(=O)OC)ccc1N. The molecule has 0 aliphatic carbocycles. The van der Waals surface area contributed by atoms with Crippen LogP contribution in [0.5, 0.6) is 0 Å². The molecule has 1 rings (SSSR count). The number of carbonyl (C=O) groups is 2. The van der Waals surface area contributed by atoms with Gasteiger partial charge in [0.25, 0.3) is 0 Å². The summed E-state index contributed by atoms with van der Waals surface area (Å²) in [5.74, 6) is -0.151. The van der Waals surface area contributed by atoms with Gasteiger partial charge < -0.3 is 20.7 Å². The van der Waals surface area contributed by atoms with Gasteiger partial charge in [-0.2, -0.15) is 0 Å². The molecule has 0 unspecified atom stereocenters. The lowest BCUT2D eigenvalue weighted by atomic mass is 10.3. The second-order valence-corrected chi connectivity index (χ2v) is 3.95. The number of aromatic nitrogens is 1. The Bertz CT molecular complexity index is 476. The Hall–Kier alpha value is -2.31. The van der Waals surface area contributed by atoms with Crippen molar-refractivity contribution in [1.82, 2.24) is 10.3 Å². The summed E-state index contributed by atoms with van der Waals surface area (Å²) >= 11 is 0. The normalized spacial score (nSPS) is 9.84. The van der Waals surface area contributed by atoms with Crippen LogP contribution in [0.1, 0.15) is 16.9 Å². The molecule has 1 aromatic rings. The van der Waals surface area contributed by atoms with Crippen molar-refractivity contribution in [3.63, 3.8) is 0 Å². The average Bonchev–Trinajstić information content (AvgIpc) is 2.43. The highest BCUT2D eigenvalue weighted by Crippen LogP contribution is 2.20. The zero-order valence-corrected chi connectivity index (χ0v) is 11.3. The second-order valence-electron chi connectivity index (χ2n) is 3.95. The standard InChI is InChI=1S/C12H18N4O3/c1-14-10(17)6-7-16(2)11-8(13)4-5-9(15-11)12(18)19-3/h4-5H,6-7,13H2,1-3H3,(H,14,17). The molecular weight excluding hydrogens is 248 g/mol. The molecule has 0 fully saturated rings. The highest BCUT2D eigenvalue weighted by molar-refractivity contribution is 5.88.